The second kappa shape index (κ2) is 7.96. The van der Waals surface area contributed by atoms with Gasteiger partial charge in [0.2, 0.25) is 5.91 Å². The Bertz CT molecular complexity index is 780. The van der Waals surface area contributed by atoms with Crippen molar-refractivity contribution in [1.29, 1.82) is 0 Å². The first kappa shape index (κ1) is 18.5. The molecule has 1 fully saturated rings. The molecule has 1 aromatic heterocycles. The van der Waals surface area contributed by atoms with Crippen LogP contribution in [0, 0.1) is 25.6 Å². The van der Waals surface area contributed by atoms with Crippen LogP contribution in [0.4, 0.5) is 10.1 Å². The van der Waals surface area contributed by atoms with E-state index in [-0.39, 0.29) is 17.6 Å². The van der Waals surface area contributed by atoms with Crippen molar-refractivity contribution >= 4 is 11.6 Å². The molecule has 3 N–H and O–H groups in total. The van der Waals surface area contributed by atoms with Crippen LogP contribution in [0.5, 0.6) is 0 Å². The van der Waals surface area contributed by atoms with Gasteiger partial charge in [0.15, 0.2) is 0 Å². The number of halogens is 1. The fourth-order valence-electron chi connectivity index (χ4n) is 3.83. The van der Waals surface area contributed by atoms with Crippen molar-refractivity contribution in [1.82, 2.24) is 4.98 Å². The lowest BCUT2D eigenvalue weighted by atomic mass is 9.84. The van der Waals surface area contributed by atoms with Crippen LogP contribution in [-0.4, -0.2) is 16.9 Å². The minimum Gasteiger partial charge on any atom is -0.325 e. The van der Waals surface area contributed by atoms with Gasteiger partial charge >= 0.3 is 0 Å². The lowest BCUT2D eigenvalue weighted by Crippen LogP contribution is -2.42. The van der Waals surface area contributed by atoms with Gasteiger partial charge in [-0.3, -0.25) is 9.78 Å². The van der Waals surface area contributed by atoms with Crippen molar-refractivity contribution < 1.29 is 9.18 Å². The zero-order valence-electron chi connectivity index (χ0n) is 15.4. The van der Waals surface area contributed by atoms with Gasteiger partial charge in [-0.1, -0.05) is 19.3 Å². The number of nitrogens with two attached hydrogens (primary N) is 1. The summed E-state index contributed by atoms with van der Waals surface area (Å²) < 4.78 is 14.7. The van der Waals surface area contributed by atoms with Gasteiger partial charge in [0.1, 0.15) is 5.82 Å². The SMILES string of the molecule is Cc1ccnc(C)c1-c1ccc(NC(=O)[C@@H](N)C2CCCCC2)cc1F. The van der Waals surface area contributed by atoms with Gasteiger partial charge < -0.3 is 11.1 Å². The molecule has 2 aromatic rings. The van der Waals surface area contributed by atoms with E-state index in [1.807, 2.05) is 19.9 Å². The topological polar surface area (TPSA) is 68.0 Å². The number of aromatic nitrogens is 1. The van der Waals surface area contributed by atoms with Crippen molar-refractivity contribution in [2.45, 2.75) is 52.0 Å². The maximum absolute atomic E-state index is 14.7. The first-order valence-electron chi connectivity index (χ1n) is 9.26. The Morgan fingerprint density at radius 1 is 1.23 bits per heavy atom. The summed E-state index contributed by atoms with van der Waals surface area (Å²) in [4.78, 5) is 16.7. The molecule has 0 bridgehead atoms. The molecule has 5 heteroatoms. The Kier molecular flexibility index (Phi) is 5.67. The zero-order valence-corrected chi connectivity index (χ0v) is 15.4. The summed E-state index contributed by atoms with van der Waals surface area (Å²) in [7, 11) is 0. The van der Waals surface area contributed by atoms with Gasteiger partial charge in [0.05, 0.1) is 6.04 Å². The van der Waals surface area contributed by atoms with Crippen LogP contribution in [0.25, 0.3) is 11.1 Å². The van der Waals surface area contributed by atoms with Crippen LogP contribution in [0.1, 0.15) is 43.4 Å². The molecule has 0 saturated heterocycles. The van der Waals surface area contributed by atoms with E-state index >= 15 is 0 Å². The van der Waals surface area contributed by atoms with E-state index in [9.17, 15) is 9.18 Å². The molecule has 0 radical (unpaired) electrons. The van der Waals surface area contributed by atoms with E-state index < -0.39 is 6.04 Å². The molecule has 1 aliphatic carbocycles. The molecule has 1 saturated carbocycles. The fraction of sp³-hybridized carbons (Fsp3) is 0.429. The Morgan fingerprint density at radius 3 is 2.62 bits per heavy atom. The highest BCUT2D eigenvalue weighted by molar-refractivity contribution is 5.95. The predicted molar refractivity (Wildman–Crippen MR) is 102 cm³/mol. The lowest BCUT2D eigenvalue weighted by molar-refractivity contribution is -0.118. The number of pyridine rings is 1. The molecule has 1 heterocycles. The van der Waals surface area contributed by atoms with Crippen molar-refractivity contribution in [3.05, 3.63) is 47.5 Å². The molecular weight excluding hydrogens is 329 g/mol. The largest absolute Gasteiger partial charge is 0.325 e. The summed E-state index contributed by atoms with van der Waals surface area (Å²) in [6.07, 6.45) is 7.15. The second-order valence-corrected chi connectivity index (χ2v) is 7.20. The van der Waals surface area contributed by atoms with Gasteiger partial charge in [-0.15, -0.1) is 0 Å². The van der Waals surface area contributed by atoms with E-state index in [2.05, 4.69) is 10.3 Å². The molecule has 138 valence electrons. The van der Waals surface area contributed by atoms with E-state index in [0.717, 1.165) is 42.5 Å². The van der Waals surface area contributed by atoms with Crippen LogP contribution in [-0.2, 0) is 4.79 Å². The first-order valence-corrected chi connectivity index (χ1v) is 9.26. The zero-order chi connectivity index (χ0) is 18.7. The maximum Gasteiger partial charge on any atom is 0.241 e. The van der Waals surface area contributed by atoms with Crippen LogP contribution < -0.4 is 11.1 Å². The molecule has 1 aliphatic rings. The summed E-state index contributed by atoms with van der Waals surface area (Å²) in [5, 5.41) is 2.77. The third-order valence-corrected chi connectivity index (χ3v) is 5.32. The minimum atomic E-state index is -0.541. The number of hydrogen-bond donors (Lipinski definition) is 2. The number of carbonyl (C=O) groups is 1. The number of carbonyl (C=O) groups excluding carboxylic acids is 1. The molecule has 3 rings (SSSR count). The molecule has 0 spiro atoms. The third kappa shape index (κ3) is 3.93. The van der Waals surface area contributed by atoms with Crippen molar-refractivity contribution in [3.8, 4) is 11.1 Å². The van der Waals surface area contributed by atoms with Crippen LogP contribution >= 0.6 is 0 Å². The summed E-state index contributed by atoms with van der Waals surface area (Å²) in [5.74, 6) is -0.403. The number of nitrogens with one attached hydrogen (secondary N) is 1. The molecule has 26 heavy (non-hydrogen) atoms. The molecular formula is C21H26FN3O. The monoisotopic (exact) mass is 355 g/mol. The van der Waals surface area contributed by atoms with Crippen molar-refractivity contribution in [2.75, 3.05) is 5.32 Å². The van der Waals surface area contributed by atoms with Crippen LogP contribution in [0.2, 0.25) is 0 Å². The predicted octanol–water partition coefficient (Wildman–Crippen LogP) is 4.35. The van der Waals surface area contributed by atoms with Crippen molar-refractivity contribution in [2.24, 2.45) is 11.7 Å². The summed E-state index contributed by atoms with van der Waals surface area (Å²) in [5.41, 5.74) is 9.58. The fourth-order valence-corrected chi connectivity index (χ4v) is 3.83. The Hall–Kier alpha value is -2.27. The van der Waals surface area contributed by atoms with E-state index in [1.165, 1.54) is 12.5 Å². The standard InChI is InChI=1S/C21H26FN3O/c1-13-10-11-24-14(2)19(13)17-9-8-16(12-18(17)22)25-21(26)20(23)15-6-4-3-5-7-15/h8-12,15,20H,3-7,23H2,1-2H3,(H,25,26)/t20-/m0/s1. The molecule has 4 nitrogen and oxygen atoms in total. The molecule has 1 amide bonds. The number of nitrogens with zero attached hydrogens (tertiary/aromatic N) is 1. The molecule has 0 aliphatic heterocycles. The van der Waals surface area contributed by atoms with Gasteiger partial charge in [0, 0.05) is 28.7 Å². The third-order valence-electron chi connectivity index (χ3n) is 5.32. The number of benzene rings is 1. The number of aryl methyl sites for hydroxylation is 2. The lowest BCUT2D eigenvalue weighted by Gasteiger charge is -2.26. The summed E-state index contributed by atoms with van der Waals surface area (Å²) in [6.45, 7) is 3.79. The average Bonchev–Trinajstić information content (AvgIpc) is 2.63. The molecule has 0 unspecified atom stereocenters. The highest BCUT2D eigenvalue weighted by atomic mass is 19.1. The first-order chi connectivity index (χ1) is 12.5. The van der Waals surface area contributed by atoms with Gasteiger partial charge in [-0.05, 0) is 62.4 Å². The average molecular weight is 355 g/mol. The smallest absolute Gasteiger partial charge is 0.241 e. The van der Waals surface area contributed by atoms with Gasteiger partial charge in [-0.25, -0.2) is 4.39 Å². The minimum absolute atomic E-state index is 0.216. The molecule has 1 atom stereocenters. The molecule has 1 aromatic carbocycles. The van der Waals surface area contributed by atoms with Gasteiger partial charge in [-0.2, -0.15) is 0 Å². The second-order valence-electron chi connectivity index (χ2n) is 7.20. The summed E-state index contributed by atoms with van der Waals surface area (Å²) in [6, 6.07) is 6.08. The highest BCUT2D eigenvalue weighted by Gasteiger charge is 2.26. The van der Waals surface area contributed by atoms with E-state index in [0.29, 0.717) is 11.3 Å². The number of hydrogen-bond acceptors (Lipinski definition) is 3. The van der Waals surface area contributed by atoms with Crippen LogP contribution in [0.3, 0.4) is 0 Å². The number of anilines is 1. The van der Waals surface area contributed by atoms with Crippen molar-refractivity contribution in [3.63, 3.8) is 0 Å². The Labute approximate surface area is 154 Å². The quantitative estimate of drug-likeness (QED) is 0.857. The normalized spacial score (nSPS) is 16.3. The van der Waals surface area contributed by atoms with E-state index in [4.69, 9.17) is 5.73 Å². The number of rotatable bonds is 4. The highest BCUT2D eigenvalue weighted by Crippen LogP contribution is 2.30. The maximum atomic E-state index is 14.7. The van der Waals surface area contributed by atoms with E-state index in [1.54, 1.807) is 18.3 Å². The van der Waals surface area contributed by atoms with Crippen LogP contribution in [0.15, 0.2) is 30.5 Å². The summed E-state index contributed by atoms with van der Waals surface area (Å²) >= 11 is 0. The Balaban J connectivity index is 1.76. The number of amides is 1. The van der Waals surface area contributed by atoms with Gasteiger partial charge in [0.25, 0.3) is 0 Å². The Morgan fingerprint density at radius 2 is 1.96 bits per heavy atom.